The number of aryl methyl sites for hydroxylation is 1. The van der Waals surface area contributed by atoms with Crippen LogP contribution >= 0.6 is 0 Å². The summed E-state index contributed by atoms with van der Waals surface area (Å²) in [6.45, 7) is 5.66. The van der Waals surface area contributed by atoms with Gasteiger partial charge in [-0.1, -0.05) is 19.9 Å². The highest BCUT2D eigenvalue weighted by molar-refractivity contribution is 7.89. The Bertz CT molecular complexity index is 401. The fourth-order valence-electron chi connectivity index (χ4n) is 0.829. The van der Waals surface area contributed by atoms with Crippen LogP contribution in [0.3, 0.4) is 0 Å². The van der Waals surface area contributed by atoms with Crippen LogP contribution in [0.15, 0.2) is 23.1 Å². The fraction of sp³-hybridized carbons (Fsp3) is 0.333. The van der Waals surface area contributed by atoms with Crippen LogP contribution in [0.4, 0.5) is 4.39 Å². The molecule has 80 valence electrons. The summed E-state index contributed by atoms with van der Waals surface area (Å²) in [5, 5.41) is 4.76. The average molecular weight is 219 g/mol. The largest absolute Gasteiger partial charge is 0.240 e. The molecule has 0 saturated carbocycles. The summed E-state index contributed by atoms with van der Waals surface area (Å²) in [4.78, 5) is -0.456. The van der Waals surface area contributed by atoms with Gasteiger partial charge in [-0.05, 0) is 24.6 Å². The fourth-order valence-corrected chi connectivity index (χ4v) is 1.52. The first kappa shape index (κ1) is 13.1. The first-order chi connectivity index (χ1) is 6.41. The van der Waals surface area contributed by atoms with E-state index in [1.54, 1.807) is 6.92 Å². The van der Waals surface area contributed by atoms with E-state index < -0.39 is 20.7 Å². The summed E-state index contributed by atoms with van der Waals surface area (Å²) >= 11 is 0. The zero-order chi connectivity index (χ0) is 11.4. The minimum absolute atomic E-state index is 0.456. The van der Waals surface area contributed by atoms with E-state index in [0.29, 0.717) is 5.56 Å². The molecule has 0 aliphatic carbocycles. The molecular formula is C9H14FNO2S. The number of hydrogen-bond donors (Lipinski definition) is 1. The summed E-state index contributed by atoms with van der Waals surface area (Å²) < 4.78 is 34.3. The Balaban J connectivity index is 0.000000791. The summed E-state index contributed by atoms with van der Waals surface area (Å²) in [6.07, 6.45) is 0. The lowest BCUT2D eigenvalue weighted by atomic mass is 10.2. The molecule has 0 heterocycles. The van der Waals surface area contributed by atoms with Crippen LogP contribution in [0.5, 0.6) is 0 Å². The Morgan fingerprint density at radius 2 is 1.79 bits per heavy atom. The van der Waals surface area contributed by atoms with E-state index in [-0.39, 0.29) is 0 Å². The molecule has 0 spiro atoms. The lowest BCUT2D eigenvalue weighted by molar-refractivity contribution is 0.567. The first-order valence-electron chi connectivity index (χ1n) is 4.20. The predicted octanol–water partition coefficient (Wildman–Crippen LogP) is 1.81. The van der Waals surface area contributed by atoms with E-state index in [1.165, 1.54) is 12.1 Å². The smallest absolute Gasteiger partial charge is 0.225 e. The summed E-state index contributed by atoms with van der Waals surface area (Å²) in [6, 6.07) is 3.75. The van der Waals surface area contributed by atoms with Crippen molar-refractivity contribution in [3.63, 3.8) is 0 Å². The third kappa shape index (κ3) is 3.43. The van der Waals surface area contributed by atoms with Crippen molar-refractivity contribution in [2.24, 2.45) is 5.14 Å². The lowest BCUT2D eigenvalue weighted by Crippen LogP contribution is -2.14. The van der Waals surface area contributed by atoms with Gasteiger partial charge in [0.25, 0.3) is 0 Å². The van der Waals surface area contributed by atoms with Crippen LogP contribution < -0.4 is 5.14 Å². The van der Waals surface area contributed by atoms with E-state index >= 15 is 0 Å². The van der Waals surface area contributed by atoms with E-state index in [9.17, 15) is 12.8 Å². The second-order valence-corrected chi connectivity index (χ2v) is 4.01. The van der Waals surface area contributed by atoms with Gasteiger partial charge in [0, 0.05) is 0 Å². The Labute approximate surface area is 83.8 Å². The normalized spacial score (nSPS) is 10.4. The van der Waals surface area contributed by atoms with Crippen molar-refractivity contribution < 1.29 is 12.8 Å². The predicted molar refractivity (Wildman–Crippen MR) is 53.9 cm³/mol. The zero-order valence-electron chi connectivity index (χ0n) is 8.41. The van der Waals surface area contributed by atoms with Crippen LogP contribution in [0.1, 0.15) is 19.4 Å². The van der Waals surface area contributed by atoms with Crippen molar-refractivity contribution in [3.8, 4) is 0 Å². The Morgan fingerprint density at radius 1 is 1.29 bits per heavy atom. The Kier molecular flexibility index (Phi) is 4.73. The molecule has 5 heteroatoms. The highest BCUT2D eigenvalue weighted by Gasteiger charge is 2.13. The van der Waals surface area contributed by atoms with Gasteiger partial charge in [-0.25, -0.2) is 17.9 Å². The molecule has 0 saturated heterocycles. The number of halogens is 1. The molecule has 0 bridgehead atoms. The maximum absolute atomic E-state index is 12.8. The minimum Gasteiger partial charge on any atom is -0.225 e. The van der Waals surface area contributed by atoms with Gasteiger partial charge in [0.2, 0.25) is 10.0 Å². The quantitative estimate of drug-likeness (QED) is 0.783. The summed E-state index contributed by atoms with van der Waals surface area (Å²) in [7, 11) is -3.93. The van der Waals surface area contributed by atoms with Crippen LogP contribution in [0, 0.1) is 12.7 Å². The number of benzene rings is 1. The highest BCUT2D eigenvalue weighted by atomic mass is 32.2. The van der Waals surface area contributed by atoms with Gasteiger partial charge < -0.3 is 0 Å². The molecule has 2 N–H and O–H groups in total. The number of hydrogen-bond acceptors (Lipinski definition) is 2. The molecule has 14 heavy (non-hydrogen) atoms. The monoisotopic (exact) mass is 219 g/mol. The number of primary sulfonamides is 1. The average Bonchev–Trinajstić information content (AvgIpc) is 2.11. The number of rotatable bonds is 1. The third-order valence-electron chi connectivity index (χ3n) is 1.39. The minimum atomic E-state index is -3.93. The van der Waals surface area contributed by atoms with Crippen LogP contribution in [0.2, 0.25) is 0 Å². The SMILES string of the molecule is CC.Cc1ccc(F)c(S(N)(=O)=O)c1. The highest BCUT2D eigenvalue weighted by Crippen LogP contribution is 2.13. The van der Waals surface area contributed by atoms with E-state index in [4.69, 9.17) is 5.14 Å². The van der Waals surface area contributed by atoms with Crippen LogP contribution in [-0.4, -0.2) is 8.42 Å². The van der Waals surface area contributed by atoms with Crippen LogP contribution in [0.25, 0.3) is 0 Å². The molecule has 0 radical (unpaired) electrons. The summed E-state index contributed by atoms with van der Waals surface area (Å²) in [5.74, 6) is -0.817. The van der Waals surface area contributed by atoms with Crippen LogP contribution in [-0.2, 0) is 10.0 Å². The van der Waals surface area contributed by atoms with Crippen molar-refractivity contribution in [2.75, 3.05) is 0 Å². The second kappa shape index (κ2) is 5.07. The standard InChI is InChI=1S/C7H8FNO2S.C2H6/c1-5-2-3-6(8)7(4-5)12(9,10)11;1-2/h2-4H,1H3,(H2,9,10,11);1-2H3. The third-order valence-corrected chi connectivity index (χ3v) is 2.32. The van der Waals surface area contributed by atoms with Crippen molar-refractivity contribution in [1.29, 1.82) is 0 Å². The molecular weight excluding hydrogens is 205 g/mol. The zero-order valence-corrected chi connectivity index (χ0v) is 9.23. The van der Waals surface area contributed by atoms with Crippen molar-refractivity contribution in [2.45, 2.75) is 25.7 Å². The molecule has 0 aromatic heterocycles. The Morgan fingerprint density at radius 3 is 2.14 bits per heavy atom. The number of nitrogens with two attached hydrogens (primary N) is 1. The maximum Gasteiger partial charge on any atom is 0.240 e. The molecule has 0 amide bonds. The van der Waals surface area contributed by atoms with Crippen molar-refractivity contribution in [3.05, 3.63) is 29.6 Å². The molecule has 1 aromatic rings. The molecule has 0 aliphatic heterocycles. The molecule has 0 aliphatic rings. The van der Waals surface area contributed by atoms with Gasteiger partial charge in [0.1, 0.15) is 10.7 Å². The molecule has 0 atom stereocenters. The van der Waals surface area contributed by atoms with Gasteiger partial charge in [-0.3, -0.25) is 0 Å². The Hall–Kier alpha value is -0.940. The van der Waals surface area contributed by atoms with Gasteiger partial charge in [-0.15, -0.1) is 0 Å². The van der Waals surface area contributed by atoms with Crippen molar-refractivity contribution in [1.82, 2.24) is 0 Å². The second-order valence-electron chi connectivity index (χ2n) is 2.48. The van der Waals surface area contributed by atoms with E-state index in [1.807, 2.05) is 13.8 Å². The first-order valence-corrected chi connectivity index (χ1v) is 5.75. The lowest BCUT2D eigenvalue weighted by Gasteiger charge is -2.00. The molecule has 1 aromatic carbocycles. The van der Waals surface area contributed by atoms with Gasteiger partial charge >= 0.3 is 0 Å². The number of sulfonamides is 1. The summed E-state index contributed by atoms with van der Waals surface area (Å²) in [5.41, 5.74) is 0.653. The van der Waals surface area contributed by atoms with Gasteiger partial charge in [0.15, 0.2) is 0 Å². The molecule has 1 rings (SSSR count). The topological polar surface area (TPSA) is 60.2 Å². The van der Waals surface area contributed by atoms with Gasteiger partial charge in [-0.2, -0.15) is 0 Å². The van der Waals surface area contributed by atoms with Crippen molar-refractivity contribution >= 4 is 10.0 Å². The maximum atomic E-state index is 12.8. The molecule has 0 fully saturated rings. The van der Waals surface area contributed by atoms with E-state index in [0.717, 1.165) is 6.07 Å². The molecule has 3 nitrogen and oxygen atoms in total. The van der Waals surface area contributed by atoms with Gasteiger partial charge in [0.05, 0.1) is 0 Å². The van der Waals surface area contributed by atoms with E-state index in [2.05, 4.69) is 0 Å². The molecule has 0 unspecified atom stereocenters.